The number of nitrogens with two attached hydrogens (primary N) is 1. The van der Waals surface area contributed by atoms with Gasteiger partial charge in [0.1, 0.15) is 5.75 Å². The van der Waals surface area contributed by atoms with Gasteiger partial charge in [-0.15, -0.1) is 0 Å². The van der Waals surface area contributed by atoms with Crippen LogP contribution in [-0.2, 0) is 0 Å². The number of ether oxygens (including phenoxy) is 1. The van der Waals surface area contributed by atoms with Gasteiger partial charge < -0.3 is 10.5 Å². The molecule has 16 heavy (non-hydrogen) atoms. The second-order valence-corrected chi connectivity index (χ2v) is 5.12. The predicted molar refractivity (Wildman–Crippen MR) is 67.9 cm³/mol. The topological polar surface area (TPSA) is 35.2 Å². The standard InChI is InChI=1S/C13H18ClNO/c1-9-2-5-11(6-3-9)16-13-8-10(14)4-7-12(13)15/h4,7-9,11H,2-3,5-6,15H2,1H3. The SMILES string of the molecule is CC1CCC(Oc2cc(Cl)ccc2N)CC1. The summed E-state index contributed by atoms with van der Waals surface area (Å²) in [6.45, 7) is 2.30. The average molecular weight is 240 g/mol. The molecule has 2 N–H and O–H groups in total. The number of hydrogen-bond donors (Lipinski definition) is 1. The van der Waals surface area contributed by atoms with Crippen LogP contribution in [0.15, 0.2) is 18.2 Å². The maximum atomic E-state index is 5.92. The second kappa shape index (κ2) is 4.96. The van der Waals surface area contributed by atoms with Gasteiger partial charge in [0, 0.05) is 11.1 Å². The van der Waals surface area contributed by atoms with E-state index in [4.69, 9.17) is 22.1 Å². The van der Waals surface area contributed by atoms with E-state index in [1.54, 1.807) is 18.2 Å². The molecule has 2 nitrogen and oxygen atoms in total. The summed E-state index contributed by atoms with van der Waals surface area (Å²) in [5, 5.41) is 0.674. The highest BCUT2D eigenvalue weighted by molar-refractivity contribution is 6.30. The van der Waals surface area contributed by atoms with Crippen molar-refractivity contribution in [2.45, 2.75) is 38.7 Å². The molecular weight excluding hydrogens is 222 g/mol. The Morgan fingerprint density at radius 1 is 1.25 bits per heavy atom. The van der Waals surface area contributed by atoms with Crippen LogP contribution in [0, 0.1) is 5.92 Å². The van der Waals surface area contributed by atoms with Gasteiger partial charge in [-0.1, -0.05) is 18.5 Å². The van der Waals surface area contributed by atoms with Crippen LogP contribution in [0.5, 0.6) is 5.75 Å². The van der Waals surface area contributed by atoms with Gasteiger partial charge in [0.25, 0.3) is 0 Å². The van der Waals surface area contributed by atoms with Crippen LogP contribution in [-0.4, -0.2) is 6.10 Å². The van der Waals surface area contributed by atoms with Crippen LogP contribution < -0.4 is 10.5 Å². The maximum Gasteiger partial charge on any atom is 0.144 e. The molecule has 2 rings (SSSR count). The molecule has 1 aromatic carbocycles. The molecule has 0 aliphatic heterocycles. The van der Waals surface area contributed by atoms with Gasteiger partial charge in [0.15, 0.2) is 0 Å². The molecule has 0 atom stereocenters. The Morgan fingerprint density at radius 3 is 2.62 bits per heavy atom. The van der Waals surface area contributed by atoms with E-state index in [1.165, 1.54) is 12.8 Å². The van der Waals surface area contributed by atoms with Crippen molar-refractivity contribution < 1.29 is 4.74 Å². The van der Waals surface area contributed by atoms with Crippen LogP contribution in [0.25, 0.3) is 0 Å². The molecule has 0 spiro atoms. The lowest BCUT2D eigenvalue weighted by Crippen LogP contribution is -2.23. The van der Waals surface area contributed by atoms with Gasteiger partial charge in [-0.2, -0.15) is 0 Å². The summed E-state index contributed by atoms with van der Waals surface area (Å²) >= 11 is 5.92. The number of rotatable bonds is 2. The largest absolute Gasteiger partial charge is 0.488 e. The molecule has 3 heteroatoms. The van der Waals surface area contributed by atoms with Crippen LogP contribution in [0.1, 0.15) is 32.6 Å². The molecule has 0 amide bonds. The number of nitrogen functional groups attached to an aromatic ring is 1. The van der Waals surface area contributed by atoms with E-state index in [1.807, 2.05) is 0 Å². The molecule has 0 saturated heterocycles. The normalized spacial score (nSPS) is 25.4. The van der Waals surface area contributed by atoms with E-state index in [2.05, 4.69) is 6.92 Å². The highest BCUT2D eigenvalue weighted by Gasteiger charge is 2.20. The van der Waals surface area contributed by atoms with Crippen molar-refractivity contribution in [3.8, 4) is 5.75 Å². The summed E-state index contributed by atoms with van der Waals surface area (Å²) in [6, 6.07) is 5.38. The number of benzene rings is 1. The van der Waals surface area contributed by atoms with Gasteiger partial charge in [-0.05, 0) is 43.7 Å². The lowest BCUT2D eigenvalue weighted by Gasteiger charge is -2.27. The predicted octanol–water partition coefficient (Wildman–Crippen LogP) is 3.88. The third kappa shape index (κ3) is 2.82. The van der Waals surface area contributed by atoms with Crippen molar-refractivity contribution in [2.24, 2.45) is 5.92 Å². The minimum absolute atomic E-state index is 0.303. The molecular formula is C13H18ClNO. The number of hydrogen-bond acceptors (Lipinski definition) is 2. The number of anilines is 1. The van der Waals surface area contributed by atoms with E-state index in [0.29, 0.717) is 16.8 Å². The maximum absolute atomic E-state index is 5.92. The van der Waals surface area contributed by atoms with E-state index < -0.39 is 0 Å². The first-order valence-electron chi connectivity index (χ1n) is 5.87. The van der Waals surface area contributed by atoms with Gasteiger partial charge in [-0.25, -0.2) is 0 Å². The van der Waals surface area contributed by atoms with E-state index in [9.17, 15) is 0 Å². The fourth-order valence-corrected chi connectivity index (χ4v) is 2.30. The first-order chi connectivity index (χ1) is 7.65. The Morgan fingerprint density at radius 2 is 1.94 bits per heavy atom. The van der Waals surface area contributed by atoms with Gasteiger partial charge in [-0.3, -0.25) is 0 Å². The Labute approximate surface area is 102 Å². The van der Waals surface area contributed by atoms with Gasteiger partial charge >= 0.3 is 0 Å². The minimum atomic E-state index is 0.303. The fourth-order valence-electron chi connectivity index (χ4n) is 2.14. The lowest BCUT2D eigenvalue weighted by molar-refractivity contribution is 0.136. The minimum Gasteiger partial charge on any atom is -0.488 e. The zero-order valence-electron chi connectivity index (χ0n) is 9.58. The zero-order chi connectivity index (χ0) is 11.5. The molecule has 1 fully saturated rings. The molecule has 0 radical (unpaired) electrons. The monoisotopic (exact) mass is 239 g/mol. The quantitative estimate of drug-likeness (QED) is 0.795. The second-order valence-electron chi connectivity index (χ2n) is 4.68. The summed E-state index contributed by atoms with van der Waals surface area (Å²) in [7, 11) is 0. The van der Waals surface area contributed by atoms with Gasteiger partial charge in [0.05, 0.1) is 11.8 Å². The molecule has 0 heterocycles. The van der Waals surface area contributed by atoms with E-state index in [0.717, 1.165) is 24.5 Å². The molecule has 0 unspecified atom stereocenters. The Hall–Kier alpha value is -0.890. The zero-order valence-corrected chi connectivity index (χ0v) is 10.3. The first kappa shape index (κ1) is 11.6. The summed E-state index contributed by atoms with van der Waals surface area (Å²) in [4.78, 5) is 0. The van der Waals surface area contributed by atoms with Crippen LogP contribution in [0.2, 0.25) is 5.02 Å². The highest BCUT2D eigenvalue weighted by atomic mass is 35.5. The highest BCUT2D eigenvalue weighted by Crippen LogP contribution is 2.31. The summed E-state index contributed by atoms with van der Waals surface area (Å²) in [5.74, 6) is 1.56. The van der Waals surface area contributed by atoms with Crippen molar-refractivity contribution in [2.75, 3.05) is 5.73 Å². The molecule has 0 aromatic heterocycles. The van der Waals surface area contributed by atoms with Crippen LogP contribution >= 0.6 is 11.6 Å². The first-order valence-corrected chi connectivity index (χ1v) is 6.24. The Balaban J connectivity index is 2.00. The molecule has 1 saturated carbocycles. The van der Waals surface area contributed by atoms with Crippen LogP contribution in [0.4, 0.5) is 5.69 Å². The Bertz CT molecular complexity index is 359. The van der Waals surface area contributed by atoms with Crippen molar-refractivity contribution in [1.82, 2.24) is 0 Å². The van der Waals surface area contributed by atoms with E-state index >= 15 is 0 Å². The smallest absolute Gasteiger partial charge is 0.144 e. The number of halogens is 1. The van der Waals surface area contributed by atoms with Crippen LogP contribution in [0.3, 0.4) is 0 Å². The average Bonchev–Trinajstić information content (AvgIpc) is 2.27. The summed E-state index contributed by atoms with van der Waals surface area (Å²) in [6.07, 6.45) is 5.02. The lowest BCUT2D eigenvalue weighted by atomic mass is 9.89. The fraction of sp³-hybridized carbons (Fsp3) is 0.538. The van der Waals surface area contributed by atoms with Crippen molar-refractivity contribution >= 4 is 17.3 Å². The molecule has 1 aliphatic rings. The van der Waals surface area contributed by atoms with E-state index in [-0.39, 0.29) is 0 Å². The third-order valence-corrected chi connectivity index (χ3v) is 3.47. The summed E-state index contributed by atoms with van der Waals surface area (Å²) in [5.41, 5.74) is 6.52. The molecule has 0 bridgehead atoms. The van der Waals surface area contributed by atoms with Crippen molar-refractivity contribution in [1.29, 1.82) is 0 Å². The molecule has 1 aliphatic carbocycles. The van der Waals surface area contributed by atoms with Crippen molar-refractivity contribution in [3.05, 3.63) is 23.2 Å². The summed E-state index contributed by atoms with van der Waals surface area (Å²) < 4.78 is 5.91. The molecule has 1 aromatic rings. The van der Waals surface area contributed by atoms with Gasteiger partial charge in [0.2, 0.25) is 0 Å². The Kier molecular flexibility index (Phi) is 3.59. The third-order valence-electron chi connectivity index (χ3n) is 3.23. The van der Waals surface area contributed by atoms with Crippen molar-refractivity contribution in [3.63, 3.8) is 0 Å². The molecule has 88 valence electrons.